The number of carbonyl (C=O) groups excluding carboxylic acids is 1. The first-order valence-electron chi connectivity index (χ1n) is 7.06. The Hall–Kier alpha value is -1.42. The van der Waals surface area contributed by atoms with Crippen LogP contribution in [0.15, 0.2) is 24.3 Å². The van der Waals surface area contributed by atoms with E-state index in [1.807, 2.05) is 24.3 Å². The molecule has 1 fully saturated rings. The highest BCUT2D eigenvalue weighted by molar-refractivity contribution is 7.80. The summed E-state index contributed by atoms with van der Waals surface area (Å²) in [7, 11) is 0. The molecule has 1 unspecified atom stereocenters. The van der Waals surface area contributed by atoms with E-state index in [0.29, 0.717) is 11.5 Å². The van der Waals surface area contributed by atoms with Gasteiger partial charge in [0.1, 0.15) is 4.99 Å². The average Bonchev–Trinajstić information content (AvgIpc) is 2.76. The molecule has 0 radical (unpaired) electrons. The zero-order valence-electron chi connectivity index (χ0n) is 12.1. The Morgan fingerprint density at radius 1 is 1.40 bits per heavy atom. The van der Waals surface area contributed by atoms with Crippen molar-refractivity contribution in [3.8, 4) is 0 Å². The van der Waals surface area contributed by atoms with E-state index in [2.05, 4.69) is 19.2 Å². The van der Waals surface area contributed by atoms with Gasteiger partial charge in [-0.2, -0.15) is 0 Å². The highest BCUT2D eigenvalue weighted by Gasteiger charge is 2.38. The van der Waals surface area contributed by atoms with E-state index in [0.717, 1.165) is 30.4 Å². The molecular formula is C16H22N2OS. The van der Waals surface area contributed by atoms with E-state index < -0.39 is 0 Å². The van der Waals surface area contributed by atoms with Crippen molar-refractivity contribution in [2.24, 2.45) is 17.1 Å². The molecule has 0 saturated heterocycles. The maximum atomic E-state index is 12.3. The van der Waals surface area contributed by atoms with Gasteiger partial charge in [-0.15, -0.1) is 0 Å². The van der Waals surface area contributed by atoms with Crippen LogP contribution in [0.25, 0.3) is 0 Å². The molecule has 1 aromatic rings. The molecule has 0 aromatic heterocycles. The lowest BCUT2D eigenvalue weighted by Gasteiger charge is -2.25. The Bertz CT molecular complexity index is 508. The van der Waals surface area contributed by atoms with Gasteiger partial charge in [0.25, 0.3) is 0 Å². The molecule has 0 heterocycles. The fourth-order valence-corrected chi connectivity index (χ4v) is 3.05. The summed E-state index contributed by atoms with van der Waals surface area (Å²) >= 11 is 4.92. The molecular weight excluding hydrogens is 268 g/mol. The number of benzene rings is 1. The Morgan fingerprint density at radius 3 is 2.55 bits per heavy atom. The minimum absolute atomic E-state index is 0.125. The molecule has 1 atom stereocenters. The van der Waals surface area contributed by atoms with E-state index in [4.69, 9.17) is 18.0 Å². The smallest absolute Gasteiger partial charge is 0.223 e. The third kappa shape index (κ3) is 3.37. The summed E-state index contributed by atoms with van der Waals surface area (Å²) in [5.41, 5.74) is 7.60. The Morgan fingerprint density at radius 2 is 2.05 bits per heavy atom. The molecule has 108 valence electrons. The van der Waals surface area contributed by atoms with Crippen molar-refractivity contribution >= 4 is 23.1 Å². The summed E-state index contributed by atoms with van der Waals surface area (Å²) in [6, 6.07) is 7.69. The molecule has 3 nitrogen and oxygen atoms in total. The standard InChI is InChI=1S/C16H22N2OS/c1-16(2)9-3-4-13(16)15(19)18-10-11-5-7-12(8-6-11)14(17)20/h5-8,13H,3-4,9-10H2,1-2H3,(H2,17,20)(H,18,19). The van der Waals surface area contributed by atoms with Crippen LogP contribution < -0.4 is 11.1 Å². The fourth-order valence-electron chi connectivity index (χ4n) is 2.91. The van der Waals surface area contributed by atoms with E-state index in [9.17, 15) is 4.79 Å². The van der Waals surface area contributed by atoms with Crippen molar-refractivity contribution in [1.29, 1.82) is 0 Å². The summed E-state index contributed by atoms with van der Waals surface area (Å²) in [6.45, 7) is 4.92. The monoisotopic (exact) mass is 290 g/mol. The minimum Gasteiger partial charge on any atom is -0.389 e. The van der Waals surface area contributed by atoms with Gasteiger partial charge in [-0.05, 0) is 23.8 Å². The Balaban J connectivity index is 1.92. The van der Waals surface area contributed by atoms with E-state index in [-0.39, 0.29) is 17.2 Å². The van der Waals surface area contributed by atoms with Crippen LogP contribution in [-0.2, 0) is 11.3 Å². The molecule has 1 aliphatic rings. The number of nitrogens with one attached hydrogen (secondary N) is 1. The number of hydrogen-bond acceptors (Lipinski definition) is 2. The molecule has 3 N–H and O–H groups in total. The maximum Gasteiger partial charge on any atom is 0.223 e. The first kappa shape index (κ1) is 15.0. The fraction of sp³-hybridized carbons (Fsp3) is 0.500. The highest BCUT2D eigenvalue weighted by atomic mass is 32.1. The van der Waals surface area contributed by atoms with Crippen molar-refractivity contribution < 1.29 is 4.79 Å². The molecule has 1 aromatic carbocycles. The lowest BCUT2D eigenvalue weighted by atomic mass is 9.81. The predicted molar refractivity (Wildman–Crippen MR) is 85.3 cm³/mol. The van der Waals surface area contributed by atoms with E-state index in [1.54, 1.807) is 0 Å². The molecule has 0 bridgehead atoms. The SMILES string of the molecule is CC1(C)CCCC1C(=O)NCc1ccc(C(N)=S)cc1. The number of amides is 1. The Kier molecular flexibility index (Phi) is 4.43. The van der Waals surface area contributed by atoms with Crippen LogP contribution in [0.4, 0.5) is 0 Å². The van der Waals surface area contributed by atoms with Crippen molar-refractivity contribution in [2.45, 2.75) is 39.7 Å². The molecule has 4 heteroatoms. The van der Waals surface area contributed by atoms with Gasteiger partial charge in [-0.1, -0.05) is 56.8 Å². The van der Waals surface area contributed by atoms with Crippen LogP contribution >= 0.6 is 12.2 Å². The summed E-state index contributed by atoms with van der Waals surface area (Å²) in [4.78, 5) is 12.7. The first-order valence-corrected chi connectivity index (χ1v) is 7.47. The van der Waals surface area contributed by atoms with Crippen molar-refractivity contribution in [1.82, 2.24) is 5.32 Å². The van der Waals surface area contributed by atoms with Crippen LogP contribution in [0, 0.1) is 11.3 Å². The molecule has 2 rings (SSSR count). The number of carbonyl (C=O) groups is 1. The van der Waals surface area contributed by atoms with Gasteiger partial charge >= 0.3 is 0 Å². The van der Waals surface area contributed by atoms with Gasteiger partial charge in [-0.3, -0.25) is 4.79 Å². The van der Waals surface area contributed by atoms with Crippen molar-refractivity contribution in [3.63, 3.8) is 0 Å². The van der Waals surface area contributed by atoms with E-state index >= 15 is 0 Å². The molecule has 1 saturated carbocycles. The maximum absolute atomic E-state index is 12.3. The van der Waals surface area contributed by atoms with Crippen LogP contribution in [0.2, 0.25) is 0 Å². The quantitative estimate of drug-likeness (QED) is 0.838. The third-order valence-corrected chi connectivity index (χ3v) is 4.51. The number of rotatable bonds is 4. The van der Waals surface area contributed by atoms with Gasteiger partial charge in [0.05, 0.1) is 0 Å². The van der Waals surface area contributed by atoms with E-state index in [1.165, 1.54) is 0 Å². The first-order chi connectivity index (χ1) is 9.40. The molecule has 0 aliphatic heterocycles. The normalized spacial score (nSPS) is 20.6. The zero-order chi connectivity index (χ0) is 14.8. The average molecular weight is 290 g/mol. The summed E-state index contributed by atoms with van der Waals surface area (Å²) < 4.78 is 0. The van der Waals surface area contributed by atoms with Crippen molar-refractivity contribution in [3.05, 3.63) is 35.4 Å². The largest absolute Gasteiger partial charge is 0.389 e. The minimum atomic E-state index is 0.125. The van der Waals surface area contributed by atoms with Gasteiger partial charge in [-0.25, -0.2) is 0 Å². The zero-order valence-corrected chi connectivity index (χ0v) is 12.9. The second-order valence-electron chi connectivity index (χ2n) is 6.21. The second kappa shape index (κ2) is 5.92. The lowest BCUT2D eigenvalue weighted by Crippen LogP contribution is -2.35. The Labute approximate surface area is 125 Å². The number of nitrogens with two attached hydrogens (primary N) is 1. The van der Waals surface area contributed by atoms with Crippen LogP contribution in [0.1, 0.15) is 44.2 Å². The number of hydrogen-bond donors (Lipinski definition) is 2. The number of thiocarbonyl (C=S) groups is 1. The van der Waals surface area contributed by atoms with Crippen LogP contribution in [0.5, 0.6) is 0 Å². The third-order valence-electron chi connectivity index (χ3n) is 4.28. The van der Waals surface area contributed by atoms with Gasteiger partial charge in [0.15, 0.2) is 0 Å². The van der Waals surface area contributed by atoms with Gasteiger partial charge in [0.2, 0.25) is 5.91 Å². The van der Waals surface area contributed by atoms with Gasteiger partial charge in [0, 0.05) is 18.0 Å². The second-order valence-corrected chi connectivity index (χ2v) is 6.65. The van der Waals surface area contributed by atoms with Crippen LogP contribution in [-0.4, -0.2) is 10.9 Å². The molecule has 1 aliphatic carbocycles. The highest BCUT2D eigenvalue weighted by Crippen LogP contribution is 2.42. The van der Waals surface area contributed by atoms with Crippen LogP contribution in [0.3, 0.4) is 0 Å². The molecule has 0 spiro atoms. The van der Waals surface area contributed by atoms with Gasteiger partial charge < -0.3 is 11.1 Å². The summed E-state index contributed by atoms with van der Waals surface area (Å²) in [5.74, 6) is 0.310. The summed E-state index contributed by atoms with van der Waals surface area (Å²) in [5, 5.41) is 3.04. The molecule has 20 heavy (non-hydrogen) atoms. The van der Waals surface area contributed by atoms with Crippen molar-refractivity contribution in [2.75, 3.05) is 0 Å². The predicted octanol–water partition coefficient (Wildman–Crippen LogP) is 2.76. The summed E-state index contributed by atoms with van der Waals surface area (Å²) in [6.07, 6.45) is 3.28. The topological polar surface area (TPSA) is 55.1 Å². The lowest BCUT2D eigenvalue weighted by molar-refractivity contribution is -0.127. The molecule has 1 amide bonds.